The minimum absolute atomic E-state index is 0.0299. The lowest BCUT2D eigenvalue weighted by Crippen LogP contribution is -2.50. The molecule has 3 aromatic carbocycles. The van der Waals surface area contributed by atoms with E-state index in [4.69, 9.17) is 18.6 Å². The Bertz CT molecular complexity index is 2600. The van der Waals surface area contributed by atoms with E-state index in [2.05, 4.69) is 29.4 Å². The van der Waals surface area contributed by atoms with Gasteiger partial charge in [-0.2, -0.15) is 27.0 Å². The highest BCUT2D eigenvalue weighted by atomic mass is 32.3. The molecule has 0 heterocycles. The summed E-state index contributed by atoms with van der Waals surface area (Å²) < 4.78 is 130. The molecule has 0 unspecified atom stereocenters. The van der Waals surface area contributed by atoms with Gasteiger partial charge in [-0.3, -0.25) is 29.5 Å². The quantitative estimate of drug-likeness (QED) is 0.0821. The second-order valence-electron chi connectivity index (χ2n) is 10.2. The van der Waals surface area contributed by atoms with Crippen LogP contribution in [0.3, 0.4) is 0 Å². The topological polar surface area (TPSA) is 334 Å². The molecule has 0 saturated heterocycles. The van der Waals surface area contributed by atoms with E-state index in [1.807, 2.05) is 0 Å². The molecule has 22 nitrogen and oxygen atoms in total. The third kappa shape index (κ3) is 10.4. The van der Waals surface area contributed by atoms with Gasteiger partial charge < -0.3 is 14.6 Å². The van der Waals surface area contributed by atoms with Crippen LogP contribution >= 0.6 is 0 Å². The van der Waals surface area contributed by atoms with E-state index in [-0.39, 0.29) is 38.9 Å². The highest BCUT2D eigenvalue weighted by molar-refractivity contribution is 7.92. The van der Waals surface area contributed by atoms with Crippen LogP contribution in [-0.4, -0.2) is 86.4 Å². The van der Waals surface area contributed by atoms with Crippen molar-refractivity contribution in [3.8, 4) is 11.5 Å². The summed E-state index contributed by atoms with van der Waals surface area (Å²) in [6.07, 6.45) is 0. The fourth-order valence-electron chi connectivity index (χ4n) is 4.29. The van der Waals surface area contributed by atoms with Gasteiger partial charge in [0.1, 0.15) is 16.9 Å². The number of sulfone groups is 2. The Morgan fingerprint density at radius 3 is 1.62 bits per heavy atom. The van der Waals surface area contributed by atoms with E-state index in [0.29, 0.717) is 6.07 Å². The van der Waals surface area contributed by atoms with E-state index in [0.717, 1.165) is 32.4 Å². The normalized spacial score (nSPS) is 13.2. The number of nitrogens with zero attached hydrogens (tertiary/aromatic N) is 2. The molecule has 0 radical (unpaired) electrons. The van der Waals surface area contributed by atoms with Crippen molar-refractivity contribution in [1.82, 2.24) is 0 Å². The molecule has 0 aliphatic rings. The molecule has 0 amide bonds. The molecule has 284 valence electrons. The first-order chi connectivity index (χ1) is 23.9. The molecule has 0 fully saturated rings. The van der Waals surface area contributed by atoms with Crippen LogP contribution in [0.5, 0.6) is 11.5 Å². The van der Waals surface area contributed by atoms with Crippen LogP contribution in [0.15, 0.2) is 59.9 Å². The van der Waals surface area contributed by atoms with Crippen LogP contribution in [0.4, 0.5) is 11.4 Å². The van der Waals surface area contributed by atoms with Gasteiger partial charge in [-0.1, -0.05) is 0 Å². The summed E-state index contributed by atoms with van der Waals surface area (Å²) in [5.74, 6) is -4.49. The Kier molecular flexibility index (Phi) is 12.7. The number of methoxy groups -OCH3 is 2. The van der Waals surface area contributed by atoms with Crippen molar-refractivity contribution in [2.45, 2.75) is 23.6 Å². The van der Waals surface area contributed by atoms with Crippen molar-refractivity contribution in [3.05, 3.63) is 78.2 Å². The largest absolute Gasteiger partial charge is 0.494 e. The molecular weight excluding hydrogens is 785 g/mol. The van der Waals surface area contributed by atoms with Crippen molar-refractivity contribution in [2.75, 3.05) is 43.4 Å². The van der Waals surface area contributed by atoms with E-state index in [1.165, 1.54) is 19.9 Å². The minimum Gasteiger partial charge on any atom is -0.494 e. The lowest BCUT2D eigenvalue weighted by molar-refractivity contribution is 0.0694. The molecule has 0 aliphatic carbocycles. The highest BCUT2D eigenvalue weighted by Crippen LogP contribution is 2.32. The van der Waals surface area contributed by atoms with Gasteiger partial charge in [0.15, 0.2) is 21.1 Å². The van der Waals surface area contributed by atoms with Crippen LogP contribution < -0.4 is 41.9 Å². The fraction of sp³-hybridized carbons (Fsp3) is 0.269. The first-order valence-electron chi connectivity index (χ1n) is 13.7. The zero-order valence-corrected chi connectivity index (χ0v) is 30.3. The van der Waals surface area contributed by atoms with Crippen LogP contribution in [-0.2, 0) is 48.8 Å². The van der Waals surface area contributed by atoms with Gasteiger partial charge in [-0.05, 0) is 37.1 Å². The number of anilines is 2. The number of hydrogen-bond acceptors (Lipinski definition) is 19. The van der Waals surface area contributed by atoms with Crippen molar-refractivity contribution < 1.29 is 70.5 Å². The minimum atomic E-state index is -5.10. The molecule has 3 rings (SSSR count). The second kappa shape index (κ2) is 15.8. The Balaban J connectivity index is 2.09. The number of ether oxygens (including phenoxy) is 2. The standard InChI is InChI=1S/C26H28N4O18S4/c1-13-7-16(19(45-3)10-21(13)49(35,36)6-5-47-51(39,40)41)27-29-23-15(26(33)34)9-18(31)24(25(23)32)30-28-17-8-14(2)22(11-20(17)46-4)50(37,38)12-48-52(42,43)44/h7-11,27-28H,5-6,12H2,1-4H3,(H,33,34)(H,39,40,41)(H,42,43,44). The molecule has 0 aromatic heterocycles. The van der Waals surface area contributed by atoms with Crippen molar-refractivity contribution >= 4 is 57.8 Å². The molecule has 5 N–H and O–H groups in total. The van der Waals surface area contributed by atoms with E-state index >= 15 is 0 Å². The first kappa shape index (κ1) is 41.6. The second-order valence-corrected chi connectivity index (χ2v) is 16.3. The summed E-state index contributed by atoms with van der Waals surface area (Å²) in [5.41, 5.74) is 1.21. The lowest BCUT2D eigenvalue weighted by atomic mass is 10.2. The van der Waals surface area contributed by atoms with Gasteiger partial charge in [0, 0.05) is 18.2 Å². The van der Waals surface area contributed by atoms with Crippen LogP contribution in [0.25, 0.3) is 0 Å². The number of carbonyl (C=O) groups is 1. The third-order valence-corrected chi connectivity index (χ3v) is 11.0. The van der Waals surface area contributed by atoms with Gasteiger partial charge in [0.05, 0.1) is 53.3 Å². The SMILES string of the molecule is COc1cc(S(=O)(=O)CCOS(=O)(=O)O)c(C)cc1NN=c1c(C(=O)O)cc(=O)c(=NNc2cc(C)c(S(=O)(=O)COS(=O)(=O)O)cc2OC)c1=O. The molecule has 0 saturated carbocycles. The number of carboxylic acids is 1. The van der Waals surface area contributed by atoms with Gasteiger partial charge in [0.2, 0.25) is 20.7 Å². The number of aromatic carboxylic acids is 1. The summed E-state index contributed by atoms with van der Waals surface area (Å²) >= 11 is 0. The summed E-state index contributed by atoms with van der Waals surface area (Å²) in [4.78, 5) is 37.3. The molecule has 0 spiro atoms. The van der Waals surface area contributed by atoms with Gasteiger partial charge >= 0.3 is 26.8 Å². The number of carboxylic acid groups (broad SMARTS) is 1. The summed E-state index contributed by atoms with van der Waals surface area (Å²) in [5, 5.41) is 15.5. The van der Waals surface area contributed by atoms with Gasteiger partial charge in [-0.15, -0.1) is 0 Å². The highest BCUT2D eigenvalue weighted by Gasteiger charge is 2.24. The van der Waals surface area contributed by atoms with E-state index in [9.17, 15) is 53.2 Å². The number of nitrogens with one attached hydrogen (secondary N) is 2. The average molecular weight is 813 g/mol. The third-order valence-electron chi connectivity index (χ3n) is 6.60. The maximum absolute atomic E-state index is 13.4. The summed E-state index contributed by atoms with van der Waals surface area (Å²) in [7, 11) is -16.5. The Morgan fingerprint density at radius 1 is 0.712 bits per heavy atom. The Labute approximate surface area is 294 Å². The number of aryl methyl sites for hydroxylation is 2. The Morgan fingerprint density at radius 2 is 1.17 bits per heavy atom. The summed E-state index contributed by atoms with van der Waals surface area (Å²) in [6.45, 7) is 1.71. The lowest BCUT2D eigenvalue weighted by Gasteiger charge is -2.14. The van der Waals surface area contributed by atoms with Gasteiger partial charge in [-0.25, -0.2) is 30.0 Å². The van der Waals surface area contributed by atoms with Crippen LogP contribution in [0, 0.1) is 13.8 Å². The molecule has 26 heteroatoms. The number of rotatable bonds is 16. The predicted octanol–water partition coefficient (Wildman–Crippen LogP) is -1.39. The van der Waals surface area contributed by atoms with Crippen molar-refractivity contribution in [3.63, 3.8) is 0 Å². The zero-order chi connectivity index (χ0) is 39.4. The van der Waals surface area contributed by atoms with Crippen LogP contribution in [0.1, 0.15) is 21.5 Å². The molecule has 52 heavy (non-hydrogen) atoms. The monoisotopic (exact) mass is 812 g/mol. The molecule has 0 aliphatic heterocycles. The smallest absolute Gasteiger partial charge is 0.398 e. The van der Waals surface area contributed by atoms with Gasteiger partial charge in [0.25, 0.3) is 0 Å². The fourth-order valence-corrected chi connectivity index (χ4v) is 8.01. The average Bonchev–Trinajstić information content (AvgIpc) is 3.01. The first-order valence-corrected chi connectivity index (χ1v) is 19.7. The van der Waals surface area contributed by atoms with Crippen molar-refractivity contribution in [1.29, 1.82) is 0 Å². The van der Waals surface area contributed by atoms with Crippen molar-refractivity contribution in [2.24, 2.45) is 10.2 Å². The summed E-state index contributed by atoms with van der Waals surface area (Å²) in [6, 6.07) is 4.82. The maximum Gasteiger partial charge on any atom is 0.398 e. The zero-order valence-electron chi connectivity index (χ0n) is 27.0. The van der Waals surface area contributed by atoms with E-state index < -0.39 is 96.8 Å². The molecule has 0 bridgehead atoms. The number of hydrogen-bond donors (Lipinski definition) is 5. The van der Waals surface area contributed by atoms with Crippen LogP contribution in [0.2, 0.25) is 0 Å². The van der Waals surface area contributed by atoms with E-state index in [1.54, 1.807) is 0 Å². The molecular formula is C26H28N4O18S4. The Hall–Kier alpha value is -4.83. The molecule has 3 aromatic rings. The predicted molar refractivity (Wildman–Crippen MR) is 176 cm³/mol. The molecule has 0 atom stereocenters. The number of benzene rings is 3. The maximum atomic E-state index is 13.4.